The molecule has 2 saturated heterocycles. The van der Waals surface area contributed by atoms with E-state index in [1.165, 1.54) is 96.7 Å². The number of likely N-dealkylation sites (tertiary alicyclic amines) is 2. The summed E-state index contributed by atoms with van der Waals surface area (Å²) in [5.74, 6) is 2.07. The van der Waals surface area contributed by atoms with Gasteiger partial charge >= 0.3 is 0 Å². The summed E-state index contributed by atoms with van der Waals surface area (Å²) in [5.41, 5.74) is 1.45. The first-order valence-electron chi connectivity index (χ1n) is 11.4. The van der Waals surface area contributed by atoms with Crippen LogP contribution in [0.1, 0.15) is 84.0 Å². The number of nitrogens with zero attached hydrogens (tertiary/aromatic N) is 2. The fourth-order valence-electron chi connectivity index (χ4n) is 7.29. The van der Waals surface area contributed by atoms with E-state index in [0.29, 0.717) is 0 Å². The van der Waals surface area contributed by atoms with Crippen LogP contribution in [-0.2, 0) is 0 Å². The van der Waals surface area contributed by atoms with Gasteiger partial charge in [-0.25, -0.2) is 0 Å². The average Bonchev–Trinajstić information content (AvgIpc) is 2.98. The zero-order chi connectivity index (χ0) is 17.5. The Kier molecular flexibility index (Phi) is 5.23. The molecule has 0 bridgehead atoms. The molecule has 4 aliphatic rings. The molecule has 0 aromatic rings. The lowest BCUT2D eigenvalue weighted by Crippen LogP contribution is -2.63. The fourth-order valence-corrected chi connectivity index (χ4v) is 7.29. The van der Waals surface area contributed by atoms with E-state index in [1.54, 1.807) is 0 Å². The normalized spacial score (nSPS) is 46.0. The van der Waals surface area contributed by atoms with Crippen molar-refractivity contribution in [1.29, 1.82) is 0 Å². The van der Waals surface area contributed by atoms with Gasteiger partial charge in [-0.3, -0.25) is 0 Å². The highest BCUT2D eigenvalue weighted by atomic mass is 15.2. The van der Waals surface area contributed by atoms with Crippen LogP contribution in [0.5, 0.6) is 0 Å². The third-order valence-electron chi connectivity index (χ3n) is 9.12. The molecule has 25 heavy (non-hydrogen) atoms. The van der Waals surface area contributed by atoms with Crippen molar-refractivity contribution in [2.45, 2.75) is 90.0 Å². The van der Waals surface area contributed by atoms with Gasteiger partial charge in [-0.1, -0.05) is 13.3 Å². The molecule has 0 aromatic carbocycles. The van der Waals surface area contributed by atoms with Gasteiger partial charge < -0.3 is 9.80 Å². The van der Waals surface area contributed by atoms with Gasteiger partial charge in [0.15, 0.2) is 0 Å². The standard InChI is InChI=1S/C23H42N2/c1-4-19-9-13-23(14-10-19)18-25(3)21(23)6-5-20-7-11-22(12-8-20)15-16-24(2)17-22/h19-21H,4-18H2,1-3H3. The second-order valence-corrected chi connectivity index (χ2v) is 10.7. The van der Waals surface area contributed by atoms with Gasteiger partial charge in [-0.15, -0.1) is 0 Å². The van der Waals surface area contributed by atoms with Crippen LogP contribution in [0.15, 0.2) is 0 Å². The summed E-state index contributed by atoms with van der Waals surface area (Å²) < 4.78 is 0. The summed E-state index contributed by atoms with van der Waals surface area (Å²) in [7, 11) is 4.71. The summed E-state index contributed by atoms with van der Waals surface area (Å²) in [6.07, 6.45) is 18.1. The summed E-state index contributed by atoms with van der Waals surface area (Å²) >= 11 is 0. The molecule has 2 aliphatic heterocycles. The van der Waals surface area contributed by atoms with E-state index in [2.05, 4.69) is 30.8 Å². The molecule has 2 spiro atoms. The first-order chi connectivity index (χ1) is 12.0. The van der Waals surface area contributed by atoms with E-state index in [9.17, 15) is 0 Å². The Morgan fingerprint density at radius 1 is 0.800 bits per heavy atom. The highest BCUT2D eigenvalue weighted by Crippen LogP contribution is 2.52. The van der Waals surface area contributed by atoms with Gasteiger partial charge in [0.2, 0.25) is 0 Å². The molecule has 1 unspecified atom stereocenters. The molecule has 2 aliphatic carbocycles. The van der Waals surface area contributed by atoms with Crippen LogP contribution in [0.3, 0.4) is 0 Å². The Hall–Kier alpha value is -0.0800. The number of hydrogen-bond donors (Lipinski definition) is 0. The zero-order valence-corrected chi connectivity index (χ0v) is 17.2. The van der Waals surface area contributed by atoms with Gasteiger partial charge in [0.1, 0.15) is 0 Å². The minimum atomic E-state index is 0.721. The maximum absolute atomic E-state index is 2.70. The van der Waals surface area contributed by atoms with Crippen molar-refractivity contribution in [2.24, 2.45) is 22.7 Å². The van der Waals surface area contributed by atoms with E-state index in [0.717, 1.165) is 28.7 Å². The van der Waals surface area contributed by atoms with Crippen molar-refractivity contribution in [2.75, 3.05) is 33.7 Å². The molecule has 0 radical (unpaired) electrons. The quantitative estimate of drug-likeness (QED) is 0.692. The Balaban J connectivity index is 1.24. The van der Waals surface area contributed by atoms with Crippen LogP contribution in [-0.4, -0.2) is 49.6 Å². The molecule has 0 aromatic heterocycles. The van der Waals surface area contributed by atoms with E-state index in [-0.39, 0.29) is 0 Å². The molecule has 4 rings (SSSR count). The summed E-state index contributed by atoms with van der Waals surface area (Å²) in [6.45, 7) is 6.52. The molecule has 1 atom stereocenters. The average molecular weight is 347 g/mol. The van der Waals surface area contributed by atoms with Crippen LogP contribution in [0.25, 0.3) is 0 Å². The van der Waals surface area contributed by atoms with Gasteiger partial charge in [-0.2, -0.15) is 0 Å². The van der Waals surface area contributed by atoms with Crippen LogP contribution in [0.4, 0.5) is 0 Å². The first kappa shape index (κ1) is 18.3. The van der Waals surface area contributed by atoms with Crippen LogP contribution in [0, 0.1) is 22.7 Å². The minimum Gasteiger partial charge on any atom is -0.306 e. The second kappa shape index (κ2) is 7.15. The summed E-state index contributed by atoms with van der Waals surface area (Å²) in [4.78, 5) is 5.27. The lowest BCUT2D eigenvalue weighted by atomic mass is 9.59. The van der Waals surface area contributed by atoms with Crippen LogP contribution < -0.4 is 0 Å². The summed E-state index contributed by atoms with van der Waals surface area (Å²) in [6, 6.07) is 0.916. The zero-order valence-electron chi connectivity index (χ0n) is 17.2. The Labute approximate surface area is 156 Å². The largest absolute Gasteiger partial charge is 0.306 e. The predicted molar refractivity (Wildman–Crippen MR) is 107 cm³/mol. The van der Waals surface area contributed by atoms with Crippen molar-refractivity contribution in [3.8, 4) is 0 Å². The molecule has 0 amide bonds. The van der Waals surface area contributed by atoms with Gasteiger partial charge in [0.25, 0.3) is 0 Å². The molecule has 2 heteroatoms. The van der Waals surface area contributed by atoms with Crippen molar-refractivity contribution >= 4 is 0 Å². The number of rotatable bonds is 4. The maximum Gasteiger partial charge on any atom is 0.0161 e. The molecule has 2 nitrogen and oxygen atoms in total. The van der Waals surface area contributed by atoms with Crippen molar-refractivity contribution < 1.29 is 0 Å². The van der Waals surface area contributed by atoms with Gasteiger partial charge in [-0.05, 0) is 114 Å². The summed E-state index contributed by atoms with van der Waals surface area (Å²) in [5, 5.41) is 0. The topological polar surface area (TPSA) is 6.48 Å². The van der Waals surface area contributed by atoms with Crippen molar-refractivity contribution in [1.82, 2.24) is 9.80 Å². The first-order valence-corrected chi connectivity index (χ1v) is 11.4. The maximum atomic E-state index is 2.70. The van der Waals surface area contributed by atoms with Crippen LogP contribution in [0.2, 0.25) is 0 Å². The van der Waals surface area contributed by atoms with E-state index >= 15 is 0 Å². The Morgan fingerprint density at radius 3 is 2.04 bits per heavy atom. The lowest BCUT2D eigenvalue weighted by Gasteiger charge is -2.59. The minimum absolute atomic E-state index is 0.721. The van der Waals surface area contributed by atoms with E-state index in [1.807, 2.05) is 0 Å². The predicted octanol–water partition coefficient (Wildman–Crippen LogP) is 5.18. The molecule has 0 N–H and O–H groups in total. The van der Waals surface area contributed by atoms with Crippen molar-refractivity contribution in [3.63, 3.8) is 0 Å². The van der Waals surface area contributed by atoms with Gasteiger partial charge in [0, 0.05) is 19.1 Å². The SMILES string of the molecule is CCC1CCC2(CC1)CN(C)C2CCC1CCC2(CC1)CCN(C)C2. The van der Waals surface area contributed by atoms with E-state index < -0.39 is 0 Å². The fraction of sp³-hybridized carbons (Fsp3) is 1.00. The van der Waals surface area contributed by atoms with Crippen molar-refractivity contribution in [3.05, 3.63) is 0 Å². The highest BCUT2D eigenvalue weighted by Gasteiger charge is 2.51. The molecule has 2 heterocycles. The smallest absolute Gasteiger partial charge is 0.0161 e. The molecule has 2 saturated carbocycles. The molecular formula is C23H42N2. The van der Waals surface area contributed by atoms with Gasteiger partial charge in [0.05, 0.1) is 0 Å². The Morgan fingerprint density at radius 2 is 1.48 bits per heavy atom. The van der Waals surface area contributed by atoms with E-state index in [4.69, 9.17) is 0 Å². The third kappa shape index (κ3) is 3.55. The highest BCUT2D eigenvalue weighted by molar-refractivity contribution is 5.05. The number of hydrogen-bond acceptors (Lipinski definition) is 2. The molecule has 144 valence electrons. The Bertz CT molecular complexity index is 443. The second-order valence-electron chi connectivity index (χ2n) is 10.7. The monoisotopic (exact) mass is 346 g/mol. The lowest BCUT2D eigenvalue weighted by molar-refractivity contribution is -0.0953. The molecular weight excluding hydrogens is 304 g/mol. The van der Waals surface area contributed by atoms with Crippen LogP contribution >= 0.6 is 0 Å². The third-order valence-corrected chi connectivity index (χ3v) is 9.12. The molecule has 4 fully saturated rings.